The van der Waals surface area contributed by atoms with Crippen molar-refractivity contribution in [1.29, 1.82) is 0 Å². The Balaban J connectivity index is 0.00000122. The number of carbonyl (C=O) groups excluding carboxylic acids is 3. The minimum atomic E-state index is -0.283. The van der Waals surface area contributed by atoms with Gasteiger partial charge in [0.1, 0.15) is 5.75 Å². The SMILES string of the molecule is COC(=O)/C(Cc1ccc(O)cc1)=C(\C)C(C)C.O=C=O. The van der Waals surface area contributed by atoms with Crippen LogP contribution >= 0.6 is 0 Å². The Morgan fingerprint density at radius 1 is 1.24 bits per heavy atom. The number of hydrogen-bond donors (Lipinski definition) is 1. The third kappa shape index (κ3) is 6.54. The van der Waals surface area contributed by atoms with Crippen molar-refractivity contribution in [1.82, 2.24) is 0 Å². The summed E-state index contributed by atoms with van der Waals surface area (Å²) in [5, 5.41) is 9.24. The van der Waals surface area contributed by atoms with Crippen molar-refractivity contribution in [2.45, 2.75) is 27.2 Å². The summed E-state index contributed by atoms with van der Waals surface area (Å²) in [6.45, 7) is 6.06. The molecular formula is C16H20O5. The molecule has 0 amide bonds. The smallest absolute Gasteiger partial charge is 0.373 e. The summed E-state index contributed by atoms with van der Waals surface area (Å²) in [5.74, 6) is 0.244. The van der Waals surface area contributed by atoms with Gasteiger partial charge >= 0.3 is 12.1 Å². The zero-order valence-electron chi connectivity index (χ0n) is 12.7. The van der Waals surface area contributed by atoms with Crippen molar-refractivity contribution < 1.29 is 24.2 Å². The number of benzene rings is 1. The van der Waals surface area contributed by atoms with Gasteiger partial charge in [-0.05, 0) is 30.5 Å². The van der Waals surface area contributed by atoms with Gasteiger partial charge in [0.15, 0.2) is 0 Å². The second-order valence-electron chi connectivity index (χ2n) is 4.73. The third-order valence-electron chi connectivity index (χ3n) is 3.09. The molecule has 0 saturated carbocycles. The summed E-state index contributed by atoms with van der Waals surface area (Å²) in [5.41, 5.74) is 2.71. The highest BCUT2D eigenvalue weighted by molar-refractivity contribution is 5.89. The molecular weight excluding hydrogens is 272 g/mol. The Morgan fingerprint density at radius 2 is 1.71 bits per heavy atom. The molecule has 114 valence electrons. The number of rotatable bonds is 4. The number of esters is 1. The highest BCUT2D eigenvalue weighted by atomic mass is 16.5. The van der Waals surface area contributed by atoms with E-state index in [2.05, 4.69) is 13.8 Å². The van der Waals surface area contributed by atoms with Crippen LogP contribution in [0.15, 0.2) is 35.4 Å². The molecule has 0 atom stereocenters. The van der Waals surface area contributed by atoms with Crippen molar-refractivity contribution >= 4 is 12.1 Å². The lowest BCUT2D eigenvalue weighted by Crippen LogP contribution is -2.12. The predicted molar refractivity (Wildman–Crippen MR) is 76.4 cm³/mol. The van der Waals surface area contributed by atoms with Gasteiger partial charge in [-0.25, -0.2) is 4.79 Å². The molecule has 0 unspecified atom stereocenters. The van der Waals surface area contributed by atoms with E-state index in [0.29, 0.717) is 17.9 Å². The zero-order valence-corrected chi connectivity index (χ0v) is 12.7. The Labute approximate surface area is 124 Å². The first-order chi connectivity index (χ1) is 9.87. The molecule has 0 bridgehead atoms. The monoisotopic (exact) mass is 292 g/mol. The van der Waals surface area contributed by atoms with Gasteiger partial charge in [-0.15, -0.1) is 0 Å². The highest BCUT2D eigenvalue weighted by Gasteiger charge is 2.15. The third-order valence-corrected chi connectivity index (χ3v) is 3.09. The number of hydrogen-bond acceptors (Lipinski definition) is 5. The normalized spacial score (nSPS) is 10.9. The average Bonchev–Trinajstić information content (AvgIpc) is 2.46. The van der Waals surface area contributed by atoms with Crippen LogP contribution in [-0.2, 0) is 25.5 Å². The number of allylic oxidation sites excluding steroid dienone is 1. The fourth-order valence-electron chi connectivity index (χ4n) is 1.66. The lowest BCUT2D eigenvalue weighted by atomic mass is 9.94. The van der Waals surface area contributed by atoms with Gasteiger partial charge in [-0.3, -0.25) is 0 Å². The van der Waals surface area contributed by atoms with Crippen molar-refractivity contribution in [3.05, 3.63) is 41.0 Å². The first-order valence-corrected chi connectivity index (χ1v) is 6.42. The molecule has 0 spiro atoms. The standard InChI is InChI=1S/C15H20O3.CO2/c1-10(2)11(3)14(15(17)18-4)9-12-5-7-13(16)8-6-12;2-1-3/h5-8,10,16H,9H2,1-4H3;/b14-11+;. The summed E-state index contributed by atoms with van der Waals surface area (Å²) in [7, 11) is 1.40. The van der Waals surface area contributed by atoms with E-state index in [1.54, 1.807) is 12.1 Å². The van der Waals surface area contributed by atoms with E-state index >= 15 is 0 Å². The van der Waals surface area contributed by atoms with E-state index in [9.17, 15) is 9.90 Å². The first kappa shape index (κ1) is 18.6. The first-order valence-electron chi connectivity index (χ1n) is 6.42. The molecule has 0 fully saturated rings. The minimum absolute atomic E-state index is 0.225. The van der Waals surface area contributed by atoms with Crippen molar-refractivity contribution in [3.63, 3.8) is 0 Å². The maximum Gasteiger partial charge on any atom is 0.373 e. The highest BCUT2D eigenvalue weighted by Crippen LogP contribution is 2.20. The molecule has 5 nitrogen and oxygen atoms in total. The van der Waals surface area contributed by atoms with Gasteiger partial charge in [0.2, 0.25) is 0 Å². The van der Waals surface area contributed by atoms with Crippen molar-refractivity contribution in [2.75, 3.05) is 7.11 Å². The Bertz CT molecular complexity index is 520. The lowest BCUT2D eigenvalue weighted by Gasteiger charge is -2.13. The van der Waals surface area contributed by atoms with E-state index in [1.807, 2.05) is 19.1 Å². The number of aromatic hydroxyl groups is 1. The number of carbonyl (C=O) groups is 1. The van der Waals surface area contributed by atoms with Gasteiger partial charge in [-0.1, -0.05) is 31.6 Å². The number of ether oxygens (including phenoxy) is 1. The average molecular weight is 292 g/mol. The maximum absolute atomic E-state index is 11.8. The fraction of sp³-hybridized carbons (Fsp3) is 0.375. The molecule has 0 heterocycles. The van der Waals surface area contributed by atoms with Crippen LogP contribution in [0.2, 0.25) is 0 Å². The number of methoxy groups -OCH3 is 1. The lowest BCUT2D eigenvalue weighted by molar-refractivity contribution is -0.191. The van der Waals surface area contributed by atoms with Crippen LogP contribution in [0.3, 0.4) is 0 Å². The van der Waals surface area contributed by atoms with Crippen molar-refractivity contribution in [3.8, 4) is 5.75 Å². The molecule has 0 aliphatic rings. The van der Waals surface area contributed by atoms with E-state index in [4.69, 9.17) is 14.3 Å². The quantitative estimate of drug-likeness (QED) is 0.681. The number of phenols is 1. The molecule has 0 aromatic heterocycles. The van der Waals surface area contributed by atoms with E-state index < -0.39 is 0 Å². The molecule has 0 saturated heterocycles. The molecule has 0 aliphatic heterocycles. The summed E-state index contributed by atoms with van der Waals surface area (Å²) in [4.78, 5) is 28.0. The fourth-order valence-corrected chi connectivity index (χ4v) is 1.66. The van der Waals surface area contributed by atoms with E-state index in [-0.39, 0.29) is 17.9 Å². The van der Waals surface area contributed by atoms with Gasteiger partial charge in [0.25, 0.3) is 0 Å². The van der Waals surface area contributed by atoms with Gasteiger partial charge in [0, 0.05) is 12.0 Å². The van der Waals surface area contributed by atoms with Crippen LogP contribution in [0.1, 0.15) is 26.3 Å². The maximum atomic E-state index is 11.8. The minimum Gasteiger partial charge on any atom is -0.508 e. The predicted octanol–water partition coefficient (Wildman–Crippen LogP) is 2.50. The van der Waals surface area contributed by atoms with Crippen LogP contribution in [0.25, 0.3) is 0 Å². The van der Waals surface area contributed by atoms with Gasteiger partial charge in [0.05, 0.1) is 7.11 Å². The van der Waals surface area contributed by atoms with Crippen molar-refractivity contribution in [2.24, 2.45) is 5.92 Å². The summed E-state index contributed by atoms with van der Waals surface area (Å²) in [6, 6.07) is 6.86. The molecule has 1 N–H and O–H groups in total. The topological polar surface area (TPSA) is 80.7 Å². The largest absolute Gasteiger partial charge is 0.508 e. The van der Waals surface area contributed by atoms with Crippen LogP contribution < -0.4 is 0 Å². The van der Waals surface area contributed by atoms with E-state index in [1.165, 1.54) is 7.11 Å². The molecule has 1 aromatic carbocycles. The second kappa shape index (κ2) is 9.50. The Kier molecular flexibility index (Phi) is 8.42. The summed E-state index contributed by atoms with van der Waals surface area (Å²) >= 11 is 0. The van der Waals surface area contributed by atoms with Crippen LogP contribution in [0.4, 0.5) is 0 Å². The molecule has 1 aromatic rings. The van der Waals surface area contributed by atoms with Crippen LogP contribution in [0.5, 0.6) is 5.75 Å². The summed E-state index contributed by atoms with van der Waals surface area (Å²) in [6.07, 6.45) is 0.775. The van der Waals surface area contributed by atoms with Crippen LogP contribution in [0, 0.1) is 5.92 Å². The molecule has 5 heteroatoms. The molecule has 21 heavy (non-hydrogen) atoms. The Morgan fingerprint density at radius 3 is 2.10 bits per heavy atom. The zero-order chi connectivity index (χ0) is 16.4. The molecule has 0 radical (unpaired) electrons. The van der Waals surface area contributed by atoms with Crippen LogP contribution in [-0.4, -0.2) is 24.3 Å². The summed E-state index contributed by atoms with van der Waals surface area (Å²) < 4.78 is 4.83. The van der Waals surface area contributed by atoms with Gasteiger partial charge < -0.3 is 9.84 Å². The van der Waals surface area contributed by atoms with E-state index in [0.717, 1.165) is 11.1 Å². The molecule has 0 aliphatic carbocycles. The molecule has 1 rings (SSSR count). The van der Waals surface area contributed by atoms with Gasteiger partial charge in [-0.2, -0.15) is 9.59 Å². The Hall–Kier alpha value is -2.39. The second-order valence-corrected chi connectivity index (χ2v) is 4.73. The number of phenolic OH excluding ortho intramolecular Hbond substituents is 1.